The Hall–Kier alpha value is -1.79. The maximum atomic E-state index is 12.2. The Balaban J connectivity index is 1.98. The fraction of sp³-hybridized carbons (Fsp3) is 0.500. The van der Waals surface area contributed by atoms with Crippen molar-refractivity contribution in [3.05, 3.63) is 23.8 Å². The molecule has 1 aromatic carbocycles. The Kier molecular flexibility index (Phi) is 4.46. The molecule has 1 aromatic rings. The van der Waals surface area contributed by atoms with Crippen molar-refractivity contribution >= 4 is 5.91 Å². The van der Waals surface area contributed by atoms with Gasteiger partial charge in [0.2, 0.25) is 5.91 Å². The second kappa shape index (κ2) is 6.11. The zero-order valence-electron chi connectivity index (χ0n) is 11.2. The molecule has 20 heavy (non-hydrogen) atoms. The molecule has 5 N–H and O–H groups in total. The van der Waals surface area contributed by atoms with Crippen molar-refractivity contribution < 1.29 is 20.1 Å². The molecule has 1 aliphatic heterocycles. The molecule has 1 fully saturated rings. The summed E-state index contributed by atoms with van der Waals surface area (Å²) in [6, 6.07) is 3.66. The van der Waals surface area contributed by atoms with Crippen LogP contribution in [0.25, 0.3) is 0 Å². The summed E-state index contributed by atoms with van der Waals surface area (Å²) < 4.78 is 0. The molecule has 0 unspecified atom stereocenters. The van der Waals surface area contributed by atoms with E-state index >= 15 is 0 Å². The average Bonchev–Trinajstić information content (AvgIpc) is 2.42. The molecule has 0 saturated carbocycles. The lowest BCUT2D eigenvalue weighted by Gasteiger charge is -2.32. The van der Waals surface area contributed by atoms with E-state index in [1.807, 2.05) is 0 Å². The highest BCUT2D eigenvalue weighted by Gasteiger charge is 2.26. The minimum absolute atomic E-state index is 0.198. The highest BCUT2D eigenvalue weighted by molar-refractivity contribution is 5.82. The molecule has 2 rings (SSSR count). The first-order valence-electron chi connectivity index (χ1n) is 6.70. The average molecular weight is 280 g/mol. The summed E-state index contributed by atoms with van der Waals surface area (Å²) in [7, 11) is 0. The van der Waals surface area contributed by atoms with Crippen molar-refractivity contribution in [3.63, 3.8) is 0 Å². The molecule has 0 radical (unpaired) electrons. The first-order chi connectivity index (χ1) is 9.47. The number of benzene rings is 1. The SMILES string of the molecule is N[C@@H](Cc1ccc(O)c(O)c1)C(=O)N1CCC[C@H](O)C1. The Morgan fingerprint density at radius 3 is 2.80 bits per heavy atom. The summed E-state index contributed by atoms with van der Waals surface area (Å²) >= 11 is 0. The van der Waals surface area contributed by atoms with Crippen LogP contribution >= 0.6 is 0 Å². The Bertz CT molecular complexity index is 492. The van der Waals surface area contributed by atoms with E-state index in [4.69, 9.17) is 5.73 Å². The van der Waals surface area contributed by atoms with Crippen LogP contribution in [0, 0.1) is 0 Å². The summed E-state index contributed by atoms with van der Waals surface area (Å²) in [5.41, 5.74) is 6.58. The van der Waals surface area contributed by atoms with Crippen LogP contribution in [0.1, 0.15) is 18.4 Å². The molecular weight excluding hydrogens is 260 g/mol. The van der Waals surface area contributed by atoms with Crippen LogP contribution in [0.2, 0.25) is 0 Å². The smallest absolute Gasteiger partial charge is 0.239 e. The molecule has 0 aliphatic carbocycles. The van der Waals surface area contributed by atoms with Crippen LogP contribution in [-0.2, 0) is 11.2 Å². The number of aliphatic hydroxyl groups is 1. The lowest BCUT2D eigenvalue weighted by molar-refractivity contribution is -0.135. The van der Waals surface area contributed by atoms with Gasteiger partial charge < -0.3 is 26.0 Å². The van der Waals surface area contributed by atoms with Gasteiger partial charge in [-0.1, -0.05) is 6.07 Å². The Labute approximate surface area is 117 Å². The topological polar surface area (TPSA) is 107 Å². The van der Waals surface area contributed by atoms with Crippen molar-refractivity contribution in [1.82, 2.24) is 4.90 Å². The fourth-order valence-corrected chi connectivity index (χ4v) is 2.43. The maximum Gasteiger partial charge on any atom is 0.239 e. The quantitative estimate of drug-likeness (QED) is 0.581. The number of likely N-dealkylation sites (tertiary alicyclic amines) is 1. The maximum absolute atomic E-state index is 12.2. The number of phenols is 2. The van der Waals surface area contributed by atoms with Crippen LogP contribution in [0.5, 0.6) is 11.5 Å². The zero-order valence-corrected chi connectivity index (χ0v) is 11.2. The van der Waals surface area contributed by atoms with Gasteiger partial charge in [-0.25, -0.2) is 0 Å². The van der Waals surface area contributed by atoms with Crippen molar-refractivity contribution in [3.8, 4) is 11.5 Å². The molecule has 0 aromatic heterocycles. The van der Waals surface area contributed by atoms with Gasteiger partial charge in [0.1, 0.15) is 0 Å². The van der Waals surface area contributed by atoms with E-state index in [1.54, 1.807) is 11.0 Å². The van der Waals surface area contributed by atoms with Gasteiger partial charge in [0.15, 0.2) is 11.5 Å². The molecular formula is C14H20N2O4. The number of nitrogens with two attached hydrogens (primary N) is 1. The summed E-state index contributed by atoms with van der Waals surface area (Å²) in [6.45, 7) is 0.942. The third kappa shape index (κ3) is 3.40. The summed E-state index contributed by atoms with van der Waals surface area (Å²) in [6.07, 6.45) is 1.29. The van der Waals surface area contributed by atoms with E-state index in [2.05, 4.69) is 0 Å². The molecule has 1 saturated heterocycles. The Morgan fingerprint density at radius 2 is 2.15 bits per heavy atom. The number of aromatic hydroxyl groups is 2. The van der Waals surface area contributed by atoms with E-state index in [0.717, 1.165) is 6.42 Å². The van der Waals surface area contributed by atoms with E-state index in [0.29, 0.717) is 25.1 Å². The number of rotatable bonds is 3. The first kappa shape index (κ1) is 14.6. The zero-order chi connectivity index (χ0) is 14.7. The molecule has 1 heterocycles. The summed E-state index contributed by atoms with van der Waals surface area (Å²) in [5.74, 6) is -0.625. The van der Waals surface area contributed by atoms with E-state index in [9.17, 15) is 20.1 Å². The number of β-amino-alcohol motifs (C(OH)–C–C–N with tert-alkyl or cyclic N) is 1. The van der Waals surface area contributed by atoms with Gasteiger partial charge in [0.25, 0.3) is 0 Å². The molecule has 6 heteroatoms. The summed E-state index contributed by atoms with van der Waals surface area (Å²) in [5, 5.41) is 28.2. The largest absolute Gasteiger partial charge is 0.504 e. The van der Waals surface area contributed by atoms with Gasteiger partial charge >= 0.3 is 0 Å². The predicted octanol–water partition coefficient (Wildman–Crippen LogP) is -0.0491. The van der Waals surface area contributed by atoms with Crippen molar-refractivity contribution in [1.29, 1.82) is 0 Å². The van der Waals surface area contributed by atoms with E-state index in [-0.39, 0.29) is 23.8 Å². The van der Waals surface area contributed by atoms with Gasteiger partial charge in [-0.3, -0.25) is 4.79 Å². The minimum atomic E-state index is -0.718. The van der Waals surface area contributed by atoms with Gasteiger partial charge in [0, 0.05) is 13.1 Å². The van der Waals surface area contributed by atoms with Crippen LogP contribution < -0.4 is 5.73 Å². The molecule has 0 spiro atoms. The second-order valence-electron chi connectivity index (χ2n) is 5.21. The number of carbonyl (C=O) groups is 1. The second-order valence-corrected chi connectivity index (χ2v) is 5.21. The van der Waals surface area contributed by atoms with Gasteiger partial charge in [-0.2, -0.15) is 0 Å². The number of hydrogen-bond donors (Lipinski definition) is 4. The third-order valence-corrected chi connectivity index (χ3v) is 3.52. The monoisotopic (exact) mass is 280 g/mol. The molecule has 1 amide bonds. The highest BCUT2D eigenvalue weighted by Crippen LogP contribution is 2.25. The minimum Gasteiger partial charge on any atom is -0.504 e. The van der Waals surface area contributed by atoms with Gasteiger partial charge in [0.05, 0.1) is 12.1 Å². The predicted molar refractivity (Wildman–Crippen MR) is 73.3 cm³/mol. The molecule has 0 bridgehead atoms. The fourth-order valence-electron chi connectivity index (χ4n) is 2.43. The van der Waals surface area contributed by atoms with Crippen molar-refractivity contribution in [2.45, 2.75) is 31.4 Å². The van der Waals surface area contributed by atoms with Gasteiger partial charge in [-0.15, -0.1) is 0 Å². The van der Waals surface area contributed by atoms with Crippen LogP contribution in [0.15, 0.2) is 18.2 Å². The molecule has 2 atom stereocenters. The molecule has 1 aliphatic rings. The number of hydrogen-bond acceptors (Lipinski definition) is 5. The number of amides is 1. The lowest BCUT2D eigenvalue weighted by atomic mass is 10.0. The van der Waals surface area contributed by atoms with Crippen molar-refractivity contribution in [2.75, 3.05) is 13.1 Å². The number of aliphatic hydroxyl groups excluding tert-OH is 1. The molecule has 110 valence electrons. The lowest BCUT2D eigenvalue weighted by Crippen LogP contribution is -2.50. The van der Waals surface area contributed by atoms with Crippen molar-refractivity contribution in [2.24, 2.45) is 5.73 Å². The Morgan fingerprint density at radius 1 is 1.40 bits per heavy atom. The third-order valence-electron chi connectivity index (χ3n) is 3.52. The van der Waals surface area contributed by atoms with E-state index in [1.165, 1.54) is 12.1 Å². The number of piperidine rings is 1. The number of nitrogens with zero attached hydrogens (tertiary/aromatic N) is 1. The van der Waals surface area contributed by atoms with Crippen LogP contribution in [0.3, 0.4) is 0 Å². The highest BCUT2D eigenvalue weighted by atomic mass is 16.3. The number of carbonyl (C=O) groups excluding carboxylic acids is 1. The number of phenolic OH excluding ortho intramolecular Hbond substituents is 2. The standard InChI is InChI=1S/C14H20N2O4/c15-11(6-9-3-4-12(18)13(19)7-9)14(20)16-5-1-2-10(17)8-16/h3-4,7,10-11,17-19H,1-2,5-6,8,15H2/t10-,11-/m0/s1. The van der Waals surface area contributed by atoms with E-state index < -0.39 is 12.1 Å². The van der Waals surface area contributed by atoms with Gasteiger partial charge in [-0.05, 0) is 37.0 Å². The first-order valence-corrected chi connectivity index (χ1v) is 6.70. The van der Waals surface area contributed by atoms with Crippen LogP contribution in [0.4, 0.5) is 0 Å². The summed E-state index contributed by atoms with van der Waals surface area (Å²) in [4.78, 5) is 13.8. The normalized spacial score (nSPS) is 20.7. The van der Waals surface area contributed by atoms with Crippen LogP contribution in [-0.4, -0.2) is 51.4 Å². The molecule has 6 nitrogen and oxygen atoms in total.